The summed E-state index contributed by atoms with van der Waals surface area (Å²) in [7, 11) is 0. The molecule has 0 amide bonds. The van der Waals surface area contributed by atoms with Gasteiger partial charge in [0.25, 0.3) is 0 Å². The van der Waals surface area contributed by atoms with Gasteiger partial charge in [0.2, 0.25) is 0 Å². The van der Waals surface area contributed by atoms with Crippen LogP contribution in [-0.4, -0.2) is 5.11 Å². The molecule has 0 saturated heterocycles. The van der Waals surface area contributed by atoms with Gasteiger partial charge in [-0.15, -0.1) is 0 Å². The molecule has 0 aliphatic rings. The molecule has 0 aliphatic heterocycles. The maximum atomic E-state index is 13.7. The SMILES string of the molecule is Cc1cc(C(C)(O)c2ccccc2F)ccc1F. The summed E-state index contributed by atoms with van der Waals surface area (Å²) in [5.41, 5.74) is -0.421. The van der Waals surface area contributed by atoms with Gasteiger partial charge in [-0.1, -0.05) is 24.3 Å². The van der Waals surface area contributed by atoms with Crippen LogP contribution in [-0.2, 0) is 5.60 Å². The summed E-state index contributed by atoms with van der Waals surface area (Å²) in [6, 6.07) is 10.3. The van der Waals surface area contributed by atoms with Crippen molar-refractivity contribution in [3.8, 4) is 0 Å². The first-order valence-electron chi connectivity index (χ1n) is 5.67. The zero-order valence-electron chi connectivity index (χ0n) is 10.2. The molecule has 2 aromatic rings. The number of hydrogen-bond donors (Lipinski definition) is 1. The van der Waals surface area contributed by atoms with E-state index < -0.39 is 11.4 Å². The molecule has 3 heteroatoms. The lowest BCUT2D eigenvalue weighted by Gasteiger charge is -2.25. The Balaban J connectivity index is 2.54. The van der Waals surface area contributed by atoms with Crippen molar-refractivity contribution in [1.29, 1.82) is 0 Å². The molecule has 2 aromatic carbocycles. The zero-order valence-corrected chi connectivity index (χ0v) is 10.2. The molecule has 0 radical (unpaired) electrons. The number of aryl methyl sites for hydroxylation is 1. The highest BCUT2D eigenvalue weighted by Crippen LogP contribution is 2.31. The third-order valence-corrected chi connectivity index (χ3v) is 3.12. The first-order chi connectivity index (χ1) is 8.43. The van der Waals surface area contributed by atoms with E-state index in [-0.39, 0.29) is 11.4 Å². The second-order valence-electron chi connectivity index (χ2n) is 4.52. The third kappa shape index (κ3) is 2.14. The van der Waals surface area contributed by atoms with Crippen LogP contribution in [0.5, 0.6) is 0 Å². The van der Waals surface area contributed by atoms with E-state index in [4.69, 9.17) is 0 Å². The highest BCUT2D eigenvalue weighted by atomic mass is 19.1. The van der Waals surface area contributed by atoms with Gasteiger partial charge in [0.15, 0.2) is 0 Å². The molecule has 1 atom stereocenters. The van der Waals surface area contributed by atoms with Crippen LogP contribution in [0.3, 0.4) is 0 Å². The summed E-state index contributed by atoms with van der Waals surface area (Å²) in [4.78, 5) is 0. The van der Waals surface area contributed by atoms with Crippen LogP contribution in [0.4, 0.5) is 8.78 Å². The second-order valence-corrected chi connectivity index (χ2v) is 4.52. The number of benzene rings is 2. The van der Waals surface area contributed by atoms with Gasteiger partial charge in [-0.05, 0) is 43.2 Å². The summed E-state index contributed by atoms with van der Waals surface area (Å²) < 4.78 is 26.9. The number of rotatable bonds is 2. The summed E-state index contributed by atoms with van der Waals surface area (Å²) in [6.45, 7) is 3.11. The average molecular weight is 248 g/mol. The normalized spacial score (nSPS) is 14.3. The topological polar surface area (TPSA) is 20.2 Å². The quantitative estimate of drug-likeness (QED) is 0.862. The molecular weight excluding hydrogens is 234 g/mol. The minimum atomic E-state index is -1.48. The Bertz CT molecular complexity index is 576. The second kappa shape index (κ2) is 4.50. The van der Waals surface area contributed by atoms with E-state index in [0.717, 1.165) is 0 Å². The molecule has 18 heavy (non-hydrogen) atoms. The molecule has 0 bridgehead atoms. The van der Waals surface area contributed by atoms with Crippen LogP contribution >= 0.6 is 0 Å². The van der Waals surface area contributed by atoms with Crippen LogP contribution in [0, 0.1) is 18.6 Å². The summed E-state index contributed by atoms with van der Waals surface area (Å²) in [5.74, 6) is -0.826. The monoisotopic (exact) mass is 248 g/mol. The van der Waals surface area contributed by atoms with E-state index in [0.29, 0.717) is 11.1 Å². The van der Waals surface area contributed by atoms with Gasteiger partial charge < -0.3 is 5.11 Å². The number of halogens is 2. The Hall–Kier alpha value is -1.74. The molecule has 1 nitrogen and oxygen atoms in total. The van der Waals surface area contributed by atoms with Crippen LogP contribution < -0.4 is 0 Å². The molecule has 0 spiro atoms. The van der Waals surface area contributed by atoms with Gasteiger partial charge in [0.05, 0.1) is 0 Å². The molecule has 0 heterocycles. The Labute approximate surface area is 105 Å². The minimum Gasteiger partial charge on any atom is -0.381 e. The molecule has 2 rings (SSSR count). The third-order valence-electron chi connectivity index (χ3n) is 3.12. The maximum absolute atomic E-state index is 13.7. The van der Waals surface area contributed by atoms with E-state index in [1.165, 1.54) is 37.3 Å². The largest absolute Gasteiger partial charge is 0.381 e. The smallest absolute Gasteiger partial charge is 0.129 e. The van der Waals surface area contributed by atoms with Gasteiger partial charge in [-0.25, -0.2) is 8.78 Å². The lowest BCUT2D eigenvalue weighted by Crippen LogP contribution is -2.24. The fraction of sp³-hybridized carbons (Fsp3) is 0.200. The Kier molecular flexibility index (Phi) is 3.18. The molecule has 1 N–H and O–H groups in total. The van der Waals surface area contributed by atoms with E-state index in [9.17, 15) is 13.9 Å². The Morgan fingerprint density at radius 3 is 2.28 bits per heavy atom. The van der Waals surface area contributed by atoms with Gasteiger partial charge in [-0.3, -0.25) is 0 Å². The van der Waals surface area contributed by atoms with Crippen molar-refractivity contribution in [1.82, 2.24) is 0 Å². The van der Waals surface area contributed by atoms with Crippen LogP contribution in [0.15, 0.2) is 42.5 Å². The number of aliphatic hydroxyl groups is 1. The highest BCUT2D eigenvalue weighted by molar-refractivity contribution is 5.37. The van der Waals surface area contributed by atoms with Gasteiger partial charge in [0.1, 0.15) is 17.2 Å². The maximum Gasteiger partial charge on any atom is 0.129 e. The fourth-order valence-corrected chi connectivity index (χ4v) is 1.96. The molecule has 0 saturated carbocycles. The molecule has 94 valence electrons. The van der Waals surface area contributed by atoms with Gasteiger partial charge in [0, 0.05) is 5.56 Å². The average Bonchev–Trinajstić information content (AvgIpc) is 2.33. The zero-order chi connectivity index (χ0) is 13.3. The molecule has 0 aliphatic carbocycles. The predicted molar refractivity (Wildman–Crippen MR) is 66.2 cm³/mol. The fourth-order valence-electron chi connectivity index (χ4n) is 1.96. The number of hydrogen-bond acceptors (Lipinski definition) is 1. The van der Waals surface area contributed by atoms with Crippen molar-refractivity contribution >= 4 is 0 Å². The van der Waals surface area contributed by atoms with Crippen molar-refractivity contribution < 1.29 is 13.9 Å². The van der Waals surface area contributed by atoms with Crippen LogP contribution in [0.1, 0.15) is 23.6 Å². The summed E-state index contributed by atoms with van der Waals surface area (Å²) >= 11 is 0. The van der Waals surface area contributed by atoms with E-state index >= 15 is 0 Å². The Morgan fingerprint density at radius 2 is 1.67 bits per heavy atom. The van der Waals surface area contributed by atoms with Crippen molar-refractivity contribution in [3.05, 3.63) is 70.8 Å². The highest BCUT2D eigenvalue weighted by Gasteiger charge is 2.28. The van der Waals surface area contributed by atoms with Crippen molar-refractivity contribution in [2.45, 2.75) is 19.4 Å². The van der Waals surface area contributed by atoms with E-state index in [1.54, 1.807) is 19.1 Å². The first kappa shape index (κ1) is 12.7. The summed E-state index contributed by atoms with van der Waals surface area (Å²) in [6.07, 6.45) is 0. The lowest BCUT2D eigenvalue weighted by molar-refractivity contribution is 0.0978. The van der Waals surface area contributed by atoms with Gasteiger partial charge >= 0.3 is 0 Å². The predicted octanol–water partition coefficient (Wildman–Crippen LogP) is 3.53. The van der Waals surface area contributed by atoms with Crippen molar-refractivity contribution in [2.75, 3.05) is 0 Å². The molecule has 0 fully saturated rings. The van der Waals surface area contributed by atoms with Crippen molar-refractivity contribution in [2.24, 2.45) is 0 Å². The molecule has 1 unspecified atom stereocenters. The van der Waals surface area contributed by atoms with Crippen molar-refractivity contribution in [3.63, 3.8) is 0 Å². The molecular formula is C15H14F2O. The first-order valence-corrected chi connectivity index (χ1v) is 5.67. The standard InChI is InChI=1S/C15H14F2O/c1-10-9-11(7-8-13(10)16)15(2,18)12-5-3-4-6-14(12)17/h3-9,18H,1-2H3. The van der Waals surface area contributed by atoms with Gasteiger partial charge in [-0.2, -0.15) is 0 Å². The Morgan fingerprint density at radius 1 is 1.00 bits per heavy atom. The summed E-state index contributed by atoms with van der Waals surface area (Å²) in [5, 5.41) is 10.5. The minimum absolute atomic E-state index is 0.177. The van der Waals surface area contributed by atoms with Crippen LogP contribution in [0.25, 0.3) is 0 Å². The van der Waals surface area contributed by atoms with E-state index in [2.05, 4.69) is 0 Å². The lowest BCUT2D eigenvalue weighted by atomic mass is 9.87. The van der Waals surface area contributed by atoms with E-state index in [1.807, 2.05) is 0 Å². The molecule has 0 aromatic heterocycles. The van der Waals surface area contributed by atoms with Crippen LogP contribution in [0.2, 0.25) is 0 Å².